The molecule has 0 saturated carbocycles. The molecule has 1 amide bonds. The van der Waals surface area contributed by atoms with Gasteiger partial charge in [-0.3, -0.25) is 19.2 Å². The predicted molar refractivity (Wildman–Crippen MR) is 124 cm³/mol. The lowest BCUT2D eigenvalue weighted by Crippen LogP contribution is -2.29. The highest BCUT2D eigenvalue weighted by molar-refractivity contribution is 8.01. The van der Waals surface area contributed by atoms with Gasteiger partial charge in [0.25, 0.3) is 5.91 Å². The number of nitrogens with one attached hydrogen (secondary N) is 1. The molecule has 0 radical (unpaired) electrons. The molecule has 0 aliphatic carbocycles. The van der Waals surface area contributed by atoms with Gasteiger partial charge in [-0.15, -0.1) is 10.2 Å². The van der Waals surface area contributed by atoms with Crippen molar-refractivity contribution in [1.82, 2.24) is 10.2 Å². The summed E-state index contributed by atoms with van der Waals surface area (Å²) in [5.41, 5.74) is 1.25. The summed E-state index contributed by atoms with van der Waals surface area (Å²) in [6.45, 7) is 0.0153. The zero-order valence-electron chi connectivity index (χ0n) is 17.5. The summed E-state index contributed by atoms with van der Waals surface area (Å²) in [5.74, 6) is -1.19. The van der Waals surface area contributed by atoms with Crippen LogP contribution in [-0.4, -0.2) is 49.6 Å². The van der Waals surface area contributed by atoms with Gasteiger partial charge in [0.05, 0.1) is 31.4 Å². The van der Waals surface area contributed by atoms with Crippen LogP contribution in [-0.2, 0) is 26.1 Å². The van der Waals surface area contributed by atoms with Gasteiger partial charge in [0.15, 0.2) is 4.34 Å². The van der Waals surface area contributed by atoms with Crippen LogP contribution < -0.4 is 9.62 Å². The molecule has 0 saturated heterocycles. The highest BCUT2D eigenvalue weighted by Gasteiger charge is 2.19. The topological polar surface area (TPSA) is 119 Å². The van der Waals surface area contributed by atoms with Gasteiger partial charge in [-0.1, -0.05) is 35.2 Å². The SMILES string of the molecule is COC(=O)CSc1nnc(NC(=O)c2ccc(N(Cc3ccc(F)cc3)S(C)(=O)=O)cc2)s1. The fourth-order valence-electron chi connectivity index (χ4n) is 2.60. The molecule has 1 aromatic heterocycles. The van der Waals surface area contributed by atoms with Crippen LogP contribution in [0.5, 0.6) is 0 Å². The molecule has 3 rings (SSSR count). The van der Waals surface area contributed by atoms with Crippen LogP contribution in [0.3, 0.4) is 0 Å². The number of amides is 1. The minimum absolute atomic E-state index is 0.0153. The number of methoxy groups -OCH3 is 1. The molecule has 1 N–H and O–H groups in total. The zero-order chi connectivity index (χ0) is 24.0. The van der Waals surface area contributed by atoms with E-state index in [0.29, 0.717) is 15.6 Å². The van der Waals surface area contributed by atoms with Gasteiger partial charge in [-0.2, -0.15) is 0 Å². The van der Waals surface area contributed by atoms with Crippen molar-refractivity contribution >= 4 is 55.8 Å². The quantitative estimate of drug-likeness (QED) is 0.265. The Labute approximate surface area is 198 Å². The van der Waals surface area contributed by atoms with Crippen LogP contribution in [0.4, 0.5) is 15.2 Å². The average Bonchev–Trinajstić information content (AvgIpc) is 3.23. The van der Waals surface area contributed by atoms with Crippen molar-refractivity contribution in [2.75, 3.05) is 28.7 Å². The highest BCUT2D eigenvalue weighted by Crippen LogP contribution is 2.26. The third-order valence-corrected chi connectivity index (χ3v) is 7.31. The number of ether oxygens (including phenoxy) is 1. The van der Waals surface area contributed by atoms with Crippen molar-refractivity contribution in [3.63, 3.8) is 0 Å². The van der Waals surface area contributed by atoms with Crippen molar-refractivity contribution in [1.29, 1.82) is 0 Å². The summed E-state index contributed by atoms with van der Waals surface area (Å²) in [5, 5.41) is 10.6. The van der Waals surface area contributed by atoms with Crippen molar-refractivity contribution in [2.24, 2.45) is 0 Å². The summed E-state index contributed by atoms with van der Waals surface area (Å²) in [7, 11) is -2.34. The summed E-state index contributed by atoms with van der Waals surface area (Å²) in [4.78, 5) is 23.7. The summed E-state index contributed by atoms with van der Waals surface area (Å²) in [6.07, 6.45) is 1.07. The Hall–Kier alpha value is -3.03. The van der Waals surface area contributed by atoms with Crippen LogP contribution in [0, 0.1) is 5.82 Å². The van der Waals surface area contributed by atoms with E-state index in [-0.39, 0.29) is 23.0 Å². The molecule has 0 aliphatic heterocycles. The second-order valence-corrected chi connectivity index (χ2v) is 10.7. The van der Waals surface area contributed by atoms with Gasteiger partial charge in [0, 0.05) is 5.56 Å². The first-order chi connectivity index (χ1) is 15.7. The number of rotatable bonds is 9. The molecule has 0 spiro atoms. The molecule has 9 nitrogen and oxygen atoms in total. The smallest absolute Gasteiger partial charge is 0.316 e. The Morgan fingerprint density at radius 3 is 2.39 bits per heavy atom. The molecule has 2 aromatic carbocycles. The number of carbonyl (C=O) groups is 2. The molecule has 0 bridgehead atoms. The summed E-state index contributed by atoms with van der Waals surface area (Å²) < 4.78 is 44.0. The molecule has 33 heavy (non-hydrogen) atoms. The third-order valence-electron chi connectivity index (χ3n) is 4.23. The maximum atomic E-state index is 13.1. The Morgan fingerprint density at radius 1 is 1.12 bits per heavy atom. The Balaban J connectivity index is 1.68. The number of halogens is 1. The van der Waals surface area contributed by atoms with Crippen LogP contribution in [0.15, 0.2) is 52.9 Å². The van der Waals surface area contributed by atoms with Gasteiger partial charge in [-0.25, -0.2) is 12.8 Å². The number of benzene rings is 2. The fraction of sp³-hybridized carbons (Fsp3) is 0.200. The first-order valence-corrected chi connectivity index (χ1v) is 13.0. The maximum Gasteiger partial charge on any atom is 0.316 e. The Morgan fingerprint density at radius 2 is 1.79 bits per heavy atom. The lowest BCUT2D eigenvalue weighted by Gasteiger charge is -2.22. The number of hydrogen-bond acceptors (Lipinski definition) is 9. The predicted octanol–water partition coefficient (Wildman–Crippen LogP) is 3.16. The Bertz CT molecular complexity index is 1230. The number of esters is 1. The van der Waals surface area contributed by atoms with Crippen LogP contribution in [0.25, 0.3) is 0 Å². The molecule has 174 valence electrons. The van der Waals surface area contributed by atoms with Crippen molar-refractivity contribution in [3.8, 4) is 0 Å². The monoisotopic (exact) mass is 510 g/mol. The van der Waals surface area contributed by atoms with Crippen LogP contribution in [0.1, 0.15) is 15.9 Å². The van der Waals surface area contributed by atoms with E-state index in [1.807, 2.05) is 0 Å². The molecular weight excluding hydrogens is 491 g/mol. The maximum absolute atomic E-state index is 13.1. The minimum Gasteiger partial charge on any atom is -0.468 e. The summed E-state index contributed by atoms with van der Waals surface area (Å²) >= 11 is 2.25. The second-order valence-electron chi connectivity index (χ2n) is 6.64. The van der Waals surface area contributed by atoms with Crippen molar-refractivity contribution < 1.29 is 27.1 Å². The van der Waals surface area contributed by atoms with E-state index in [4.69, 9.17) is 0 Å². The fourth-order valence-corrected chi connectivity index (χ4v) is 5.07. The van der Waals surface area contributed by atoms with E-state index < -0.39 is 27.7 Å². The van der Waals surface area contributed by atoms with Gasteiger partial charge in [0.1, 0.15) is 5.82 Å². The van der Waals surface area contributed by atoms with E-state index >= 15 is 0 Å². The standard InChI is InChI=1S/C20H19FN4O5S3/c1-30-17(26)12-31-20-24-23-19(32-20)22-18(27)14-5-9-16(10-6-14)25(33(2,28)29)11-13-3-7-15(21)8-4-13/h3-10H,11-12H2,1-2H3,(H,22,23,27). The molecule has 0 atom stereocenters. The van der Waals surface area contributed by atoms with E-state index in [9.17, 15) is 22.4 Å². The van der Waals surface area contributed by atoms with Crippen molar-refractivity contribution in [2.45, 2.75) is 10.9 Å². The van der Waals surface area contributed by atoms with Gasteiger partial charge in [-0.05, 0) is 42.0 Å². The molecule has 0 unspecified atom stereocenters. The van der Waals surface area contributed by atoms with Gasteiger partial charge < -0.3 is 4.74 Å². The van der Waals surface area contributed by atoms with Crippen LogP contribution in [0.2, 0.25) is 0 Å². The van der Waals surface area contributed by atoms with E-state index in [2.05, 4.69) is 20.3 Å². The highest BCUT2D eigenvalue weighted by atomic mass is 32.2. The largest absolute Gasteiger partial charge is 0.468 e. The lowest BCUT2D eigenvalue weighted by molar-refractivity contribution is -0.137. The third kappa shape index (κ3) is 6.97. The van der Waals surface area contributed by atoms with Crippen molar-refractivity contribution in [3.05, 3.63) is 65.5 Å². The number of nitrogens with zero attached hydrogens (tertiary/aromatic N) is 3. The molecular formula is C20H19FN4O5S3. The van der Waals surface area contributed by atoms with E-state index in [0.717, 1.165) is 33.7 Å². The molecule has 0 fully saturated rings. The molecule has 3 aromatic rings. The number of thioether (sulfide) groups is 1. The number of sulfonamides is 1. The number of carbonyl (C=O) groups excluding carboxylic acids is 2. The first kappa shape index (κ1) is 24.6. The summed E-state index contributed by atoms with van der Waals surface area (Å²) in [6, 6.07) is 11.5. The van der Waals surface area contributed by atoms with Gasteiger partial charge >= 0.3 is 5.97 Å². The zero-order valence-corrected chi connectivity index (χ0v) is 20.0. The minimum atomic E-state index is -3.63. The second kappa shape index (κ2) is 10.7. The first-order valence-electron chi connectivity index (χ1n) is 9.32. The molecule has 0 aliphatic rings. The van der Waals surface area contributed by atoms with Crippen LogP contribution >= 0.6 is 23.1 Å². The molecule has 1 heterocycles. The Kier molecular flexibility index (Phi) is 8.00. The number of hydrogen-bond donors (Lipinski definition) is 1. The number of anilines is 2. The average molecular weight is 511 g/mol. The number of aromatic nitrogens is 2. The molecule has 13 heteroatoms. The normalized spacial score (nSPS) is 11.1. The van der Waals surface area contributed by atoms with E-state index in [1.165, 1.54) is 55.6 Å². The van der Waals surface area contributed by atoms with Gasteiger partial charge in [0.2, 0.25) is 15.2 Å². The van der Waals surface area contributed by atoms with E-state index in [1.54, 1.807) is 0 Å². The lowest BCUT2D eigenvalue weighted by atomic mass is 10.2.